The Hall–Kier alpha value is -2.50. The van der Waals surface area contributed by atoms with Crippen LogP contribution in [0.4, 0.5) is 5.69 Å². The second-order valence-electron chi connectivity index (χ2n) is 6.35. The van der Waals surface area contributed by atoms with E-state index in [0.717, 1.165) is 37.4 Å². The van der Waals surface area contributed by atoms with E-state index < -0.39 is 0 Å². The quantitative estimate of drug-likeness (QED) is 0.904. The maximum atomic E-state index is 12.6. The average Bonchev–Trinajstić information content (AvgIpc) is 3.03. The van der Waals surface area contributed by atoms with Gasteiger partial charge in [-0.3, -0.25) is 4.79 Å². The van der Waals surface area contributed by atoms with Crippen molar-refractivity contribution in [3.8, 4) is 5.75 Å². The molecule has 1 fully saturated rings. The molecule has 0 aliphatic carbocycles. The van der Waals surface area contributed by atoms with Gasteiger partial charge in [0.05, 0.1) is 12.8 Å². The standard InChI is InChI=1S/C19H25N3O3/c1-4-17-18(13(2)25-21-17)19(23)20-14-9-11-22(12-10-14)15-5-7-16(24-3)8-6-15/h5-8,14H,4,9-12H2,1-3H3,(H,20,23). The number of benzene rings is 1. The molecule has 0 bridgehead atoms. The Bertz CT molecular complexity index is 716. The molecule has 1 N–H and O–H groups in total. The number of carbonyl (C=O) groups is 1. The van der Waals surface area contributed by atoms with E-state index in [-0.39, 0.29) is 11.9 Å². The number of amides is 1. The van der Waals surface area contributed by atoms with Gasteiger partial charge in [0.1, 0.15) is 17.1 Å². The lowest BCUT2D eigenvalue weighted by molar-refractivity contribution is 0.0929. The molecular formula is C19H25N3O3. The highest BCUT2D eigenvalue weighted by Crippen LogP contribution is 2.23. The lowest BCUT2D eigenvalue weighted by Gasteiger charge is -2.34. The number of anilines is 1. The minimum absolute atomic E-state index is 0.0708. The molecule has 0 atom stereocenters. The predicted molar refractivity (Wildman–Crippen MR) is 96.3 cm³/mol. The zero-order valence-corrected chi connectivity index (χ0v) is 15.0. The fourth-order valence-corrected chi connectivity index (χ4v) is 3.28. The maximum absolute atomic E-state index is 12.6. The highest BCUT2D eigenvalue weighted by atomic mass is 16.5. The summed E-state index contributed by atoms with van der Waals surface area (Å²) in [6, 6.07) is 8.28. The molecule has 1 aliphatic heterocycles. The summed E-state index contributed by atoms with van der Waals surface area (Å²) in [5, 5.41) is 7.10. The van der Waals surface area contributed by atoms with Gasteiger partial charge in [-0.2, -0.15) is 0 Å². The maximum Gasteiger partial charge on any atom is 0.257 e. The minimum atomic E-state index is -0.0708. The fourth-order valence-electron chi connectivity index (χ4n) is 3.28. The summed E-state index contributed by atoms with van der Waals surface area (Å²) < 4.78 is 10.4. The molecular weight excluding hydrogens is 318 g/mol. The summed E-state index contributed by atoms with van der Waals surface area (Å²) in [5.41, 5.74) is 2.51. The van der Waals surface area contributed by atoms with Gasteiger partial charge in [-0.05, 0) is 50.5 Å². The molecule has 0 saturated carbocycles. The van der Waals surface area contributed by atoms with Crippen LogP contribution in [0.25, 0.3) is 0 Å². The zero-order chi connectivity index (χ0) is 17.8. The second kappa shape index (κ2) is 7.59. The van der Waals surface area contributed by atoms with Gasteiger partial charge in [0.15, 0.2) is 0 Å². The van der Waals surface area contributed by atoms with Crippen molar-refractivity contribution in [3.63, 3.8) is 0 Å². The van der Waals surface area contributed by atoms with Crippen LogP contribution in [-0.4, -0.2) is 37.3 Å². The van der Waals surface area contributed by atoms with E-state index in [1.165, 1.54) is 5.69 Å². The van der Waals surface area contributed by atoms with Crippen LogP contribution in [0.2, 0.25) is 0 Å². The Morgan fingerprint density at radius 2 is 2.00 bits per heavy atom. The highest BCUT2D eigenvalue weighted by Gasteiger charge is 2.25. The van der Waals surface area contributed by atoms with Crippen LogP contribution in [0.1, 0.15) is 41.6 Å². The highest BCUT2D eigenvalue weighted by molar-refractivity contribution is 5.96. The van der Waals surface area contributed by atoms with Crippen molar-refractivity contribution in [2.75, 3.05) is 25.1 Å². The number of methoxy groups -OCH3 is 1. The van der Waals surface area contributed by atoms with Gasteiger partial charge in [-0.25, -0.2) is 0 Å². The number of carbonyl (C=O) groups excluding carboxylic acids is 1. The van der Waals surface area contributed by atoms with Gasteiger partial charge < -0.3 is 19.5 Å². The van der Waals surface area contributed by atoms with E-state index >= 15 is 0 Å². The molecule has 0 spiro atoms. The number of ether oxygens (including phenoxy) is 1. The molecule has 1 aliphatic rings. The van der Waals surface area contributed by atoms with Crippen LogP contribution in [-0.2, 0) is 6.42 Å². The number of aryl methyl sites for hydroxylation is 2. The first kappa shape index (κ1) is 17.3. The third kappa shape index (κ3) is 3.78. The van der Waals surface area contributed by atoms with Gasteiger partial charge in [0, 0.05) is 24.8 Å². The molecule has 2 aromatic rings. The SMILES string of the molecule is CCc1noc(C)c1C(=O)NC1CCN(c2ccc(OC)cc2)CC1. The van der Waals surface area contributed by atoms with Crippen molar-refractivity contribution >= 4 is 11.6 Å². The minimum Gasteiger partial charge on any atom is -0.497 e. The Kier molecular flexibility index (Phi) is 5.26. The predicted octanol–water partition coefficient (Wildman–Crippen LogP) is 2.95. The number of rotatable bonds is 5. The molecule has 1 amide bonds. The molecule has 1 aromatic carbocycles. The van der Waals surface area contributed by atoms with Crippen LogP contribution >= 0.6 is 0 Å². The lowest BCUT2D eigenvalue weighted by Crippen LogP contribution is -2.45. The Morgan fingerprint density at radius 3 is 2.60 bits per heavy atom. The summed E-state index contributed by atoms with van der Waals surface area (Å²) in [6.07, 6.45) is 2.53. The van der Waals surface area contributed by atoms with Crippen LogP contribution in [0.5, 0.6) is 5.75 Å². The van der Waals surface area contributed by atoms with Crippen molar-refractivity contribution in [1.29, 1.82) is 0 Å². The summed E-state index contributed by atoms with van der Waals surface area (Å²) in [6.45, 7) is 5.59. The normalized spacial score (nSPS) is 15.2. The molecule has 3 rings (SSSR count). The van der Waals surface area contributed by atoms with Crippen LogP contribution in [0.3, 0.4) is 0 Å². The van der Waals surface area contributed by atoms with Crippen molar-refractivity contribution in [1.82, 2.24) is 10.5 Å². The number of nitrogens with one attached hydrogen (secondary N) is 1. The summed E-state index contributed by atoms with van der Waals surface area (Å²) >= 11 is 0. The van der Waals surface area contributed by atoms with Crippen molar-refractivity contribution in [2.45, 2.75) is 39.2 Å². The third-order valence-electron chi connectivity index (χ3n) is 4.76. The number of hydrogen-bond donors (Lipinski definition) is 1. The summed E-state index contributed by atoms with van der Waals surface area (Å²) in [7, 11) is 1.67. The van der Waals surface area contributed by atoms with Gasteiger partial charge in [0.25, 0.3) is 5.91 Å². The Morgan fingerprint density at radius 1 is 1.32 bits per heavy atom. The molecule has 2 heterocycles. The first-order chi connectivity index (χ1) is 12.1. The van der Waals surface area contributed by atoms with Crippen LogP contribution in [0, 0.1) is 6.92 Å². The van der Waals surface area contributed by atoms with E-state index in [0.29, 0.717) is 17.7 Å². The first-order valence-electron chi connectivity index (χ1n) is 8.77. The first-order valence-corrected chi connectivity index (χ1v) is 8.77. The van der Waals surface area contributed by atoms with E-state index in [1.807, 2.05) is 19.1 Å². The smallest absolute Gasteiger partial charge is 0.257 e. The second-order valence-corrected chi connectivity index (χ2v) is 6.35. The number of nitrogens with zero attached hydrogens (tertiary/aromatic N) is 2. The van der Waals surface area contributed by atoms with Gasteiger partial charge in [0.2, 0.25) is 0 Å². The average molecular weight is 343 g/mol. The number of hydrogen-bond acceptors (Lipinski definition) is 5. The number of piperidine rings is 1. The largest absolute Gasteiger partial charge is 0.497 e. The van der Waals surface area contributed by atoms with Crippen molar-refractivity contribution < 1.29 is 14.1 Å². The number of aromatic nitrogens is 1. The molecule has 25 heavy (non-hydrogen) atoms. The molecule has 0 unspecified atom stereocenters. The third-order valence-corrected chi connectivity index (χ3v) is 4.76. The van der Waals surface area contributed by atoms with E-state index in [4.69, 9.17) is 9.26 Å². The van der Waals surface area contributed by atoms with E-state index in [1.54, 1.807) is 14.0 Å². The molecule has 6 nitrogen and oxygen atoms in total. The monoisotopic (exact) mass is 343 g/mol. The van der Waals surface area contributed by atoms with E-state index in [2.05, 4.69) is 27.5 Å². The molecule has 134 valence electrons. The molecule has 1 saturated heterocycles. The zero-order valence-electron chi connectivity index (χ0n) is 15.0. The lowest BCUT2D eigenvalue weighted by atomic mass is 10.0. The topological polar surface area (TPSA) is 67.6 Å². The Balaban J connectivity index is 1.57. The van der Waals surface area contributed by atoms with Crippen LogP contribution < -0.4 is 15.0 Å². The van der Waals surface area contributed by atoms with Crippen molar-refractivity contribution in [2.24, 2.45) is 0 Å². The van der Waals surface area contributed by atoms with Gasteiger partial charge >= 0.3 is 0 Å². The Labute approximate surface area is 148 Å². The van der Waals surface area contributed by atoms with Crippen molar-refractivity contribution in [3.05, 3.63) is 41.3 Å². The molecule has 0 radical (unpaired) electrons. The van der Waals surface area contributed by atoms with Gasteiger partial charge in [-0.1, -0.05) is 12.1 Å². The van der Waals surface area contributed by atoms with Crippen LogP contribution in [0.15, 0.2) is 28.8 Å². The summed E-state index contributed by atoms with van der Waals surface area (Å²) in [5.74, 6) is 1.38. The molecule has 1 aromatic heterocycles. The van der Waals surface area contributed by atoms with Gasteiger partial charge in [-0.15, -0.1) is 0 Å². The summed E-state index contributed by atoms with van der Waals surface area (Å²) in [4.78, 5) is 14.9. The van der Waals surface area contributed by atoms with E-state index in [9.17, 15) is 4.79 Å². The molecule has 6 heteroatoms. The fraction of sp³-hybridized carbons (Fsp3) is 0.474.